The molecule has 0 radical (unpaired) electrons. The van der Waals surface area contributed by atoms with Crippen molar-refractivity contribution >= 4 is 0 Å². The standard InChI is InChI=1S/C12H17NO2/c1-3-14-12-6-9-4-5-15-11(9)7-10(12)8-13-2/h6-7,13H,3-5,8H2,1-2H3. The van der Waals surface area contributed by atoms with E-state index in [4.69, 9.17) is 9.47 Å². The lowest BCUT2D eigenvalue weighted by Crippen LogP contribution is -2.07. The molecule has 2 rings (SSSR count). The Labute approximate surface area is 90.4 Å². The van der Waals surface area contributed by atoms with Crippen molar-refractivity contribution in [2.75, 3.05) is 20.3 Å². The lowest BCUT2D eigenvalue weighted by molar-refractivity contribution is 0.334. The molecule has 0 saturated carbocycles. The minimum absolute atomic E-state index is 0.705. The summed E-state index contributed by atoms with van der Waals surface area (Å²) in [4.78, 5) is 0. The highest BCUT2D eigenvalue weighted by Gasteiger charge is 2.16. The average molecular weight is 207 g/mol. The zero-order valence-electron chi connectivity index (χ0n) is 9.30. The third-order valence-corrected chi connectivity index (χ3v) is 2.54. The molecule has 0 bridgehead atoms. The Morgan fingerprint density at radius 3 is 3.07 bits per heavy atom. The van der Waals surface area contributed by atoms with Gasteiger partial charge < -0.3 is 14.8 Å². The molecule has 0 atom stereocenters. The van der Waals surface area contributed by atoms with Gasteiger partial charge >= 0.3 is 0 Å². The Bertz CT molecular complexity index is 317. The summed E-state index contributed by atoms with van der Waals surface area (Å²) in [5.41, 5.74) is 2.43. The van der Waals surface area contributed by atoms with Gasteiger partial charge in [-0.1, -0.05) is 0 Å². The molecule has 1 aliphatic heterocycles. The van der Waals surface area contributed by atoms with E-state index in [0.717, 1.165) is 31.1 Å². The molecule has 1 aliphatic rings. The van der Waals surface area contributed by atoms with E-state index in [1.54, 1.807) is 0 Å². The van der Waals surface area contributed by atoms with E-state index in [1.807, 2.05) is 14.0 Å². The van der Waals surface area contributed by atoms with Gasteiger partial charge in [-0.15, -0.1) is 0 Å². The van der Waals surface area contributed by atoms with Crippen LogP contribution in [-0.2, 0) is 13.0 Å². The maximum absolute atomic E-state index is 5.62. The highest BCUT2D eigenvalue weighted by atomic mass is 16.5. The van der Waals surface area contributed by atoms with Gasteiger partial charge in [0.05, 0.1) is 13.2 Å². The van der Waals surface area contributed by atoms with Crippen molar-refractivity contribution in [2.45, 2.75) is 19.9 Å². The van der Waals surface area contributed by atoms with Crippen molar-refractivity contribution in [1.29, 1.82) is 0 Å². The van der Waals surface area contributed by atoms with Gasteiger partial charge in [-0.2, -0.15) is 0 Å². The molecule has 15 heavy (non-hydrogen) atoms. The summed E-state index contributed by atoms with van der Waals surface area (Å²) < 4.78 is 11.2. The molecule has 82 valence electrons. The van der Waals surface area contributed by atoms with Crippen molar-refractivity contribution < 1.29 is 9.47 Å². The first kappa shape index (κ1) is 10.3. The molecule has 0 fully saturated rings. The highest BCUT2D eigenvalue weighted by Crippen LogP contribution is 2.32. The van der Waals surface area contributed by atoms with Gasteiger partial charge in [0.1, 0.15) is 11.5 Å². The summed E-state index contributed by atoms with van der Waals surface area (Å²) in [6, 6.07) is 4.20. The first-order valence-electron chi connectivity index (χ1n) is 5.41. The monoisotopic (exact) mass is 207 g/mol. The van der Waals surface area contributed by atoms with Gasteiger partial charge in [0.2, 0.25) is 0 Å². The van der Waals surface area contributed by atoms with Crippen LogP contribution in [0.15, 0.2) is 12.1 Å². The van der Waals surface area contributed by atoms with Gasteiger partial charge in [-0.05, 0) is 26.1 Å². The predicted octanol–water partition coefficient (Wildman–Crippen LogP) is 1.74. The maximum atomic E-state index is 5.62. The minimum atomic E-state index is 0.705. The molecule has 0 amide bonds. The molecule has 3 heteroatoms. The molecule has 0 spiro atoms. The van der Waals surface area contributed by atoms with Gasteiger partial charge in [0.25, 0.3) is 0 Å². The molecular formula is C12H17NO2. The lowest BCUT2D eigenvalue weighted by Gasteiger charge is -2.11. The predicted molar refractivity (Wildman–Crippen MR) is 59.6 cm³/mol. The molecule has 1 heterocycles. The van der Waals surface area contributed by atoms with Crippen LogP contribution in [0.3, 0.4) is 0 Å². The SMILES string of the molecule is CCOc1cc2c(cc1CNC)OCC2. The first-order valence-corrected chi connectivity index (χ1v) is 5.41. The molecular weight excluding hydrogens is 190 g/mol. The third-order valence-electron chi connectivity index (χ3n) is 2.54. The Balaban J connectivity index is 2.33. The molecule has 1 N–H and O–H groups in total. The minimum Gasteiger partial charge on any atom is -0.494 e. The zero-order chi connectivity index (χ0) is 10.7. The topological polar surface area (TPSA) is 30.5 Å². The largest absolute Gasteiger partial charge is 0.494 e. The molecule has 1 aromatic rings. The summed E-state index contributed by atoms with van der Waals surface area (Å²) in [6.45, 7) is 4.32. The van der Waals surface area contributed by atoms with Crippen molar-refractivity contribution in [3.63, 3.8) is 0 Å². The van der Waals surface area contributed by atoms with Crippen LogP contribution >= 0.6 is 0 Å². The van der Waals surface area contributed by atoms with E-state index in [9.17, 15) is 0 Å². The Morgan fingerprint density at radius 2 is 2.33 bits per heavy atom. The van der Waals surface area contributed by atoms with Crippen molar-refractivity contribution in [2.24, 2.45) is 0 Å². The maximum Gasteiger partial charge on any atom is 0.124 e. The Hall–Kier alpha value is -1.22. The molecule has 0 unspecified atom stereocenters. The van der Waals surface area contributed by atoms with Crippen LogP contribution in [0.1, 0.15) is 18.1 Å². The number of benzene rings is 1. The quantitative estimate of drug-likeness (QED) is 0.815. The second kappa shape index (κ2) is 4.53. The summed E-state index contributed by atoms with van der Waals surface area (Å²) in [7, 11) is 1.93. The third kappa shape index (κ3) is 2.07. The summed E-state index contributed by atoms with van der Waals surface area (Å²) in [6.07, 6.45) is 0.995. The number of ether oxygens (including phenoxy) is 2. The average Bonchev–Trinajstić information content (AvgIpc) is 2.66. The fraction of sp³-hybridized carbons (Fsp3) is 0.500. The van der Waals surface area contributed by atoms with Crippen LogP contribution in [0, 0.1) is 0 Å². The smallest absolute Gasteiger partial charge is 0.124 e. The number of rotatable bonds is 4. The molecule has 1 aromatic carbocycles. The van der Waals surface area contributed by atoms with Gasteiger partial charge in [0, 0.05) is 24.1 Å². The number of hydrogen-bond acceptors (Lipinski definition) is 3. The number of hydrogen-bond donors (Lipinski definition) is 1. The van der Waals surface area contributed by atoms with Crippen LogP contribution in [0.2, 0.25) is 0 Å². The van der Waals surface area contributed by atoms with E-state index in [0.29, 0.717) is 6.61 Å². The Morgan fingerprint density at radius 1 is 1.47 bits per heavy atom. The molecule has 0 aliphatic carbocycles. The summed E-state index contributed by atoms with van der Waals surface area (Å²) in [5, 5.41) is 3.14. The van der Waals surface area contributed by atoms with E-state index in [-0.39, 0.29) is 0 Å². The van der Waals surface area contributed by atoms with E-state index in [1.165, 1.54) is 11.1 Å². The lowest BCUT2D eigenvalue weighted by atomic mass is 10.1. The Kier molecular flexibility index (Phi) is 3.11. The first-order chi connectivity index (χ1) is 7.35. The van der Waals surface area contributed by atoms with Crippen LogP contribution in [0.25, 0.3) is 0 Å². The van der Waals surface area contributed by atoms with Crippen molar-refractivity contribution in [3.05, 3.63) is 23.3 Å². The molecule has 0 aromatic heterocycles. The summed E-state index contributed by atoms with van der Waals surface area (Å²) in [5.74, 6) is 2.00. The van der Waals surface area contributed by atoms with Crippen LogP contribution in [0.5, 0.6) is 11.5 Å². The number of fused-ring (bicyclic) bond motifs is 1. The van der Waals surface area contributed by atoms with Crippen LogP contribution in [-0.4, -0.2) is 20.3 Å². The molecule has 0 saturated heterocycles. The van der Waals surface area contributed by atoms with Gasteiger partial charge in [-0.25, -0.2) is 0 Å². The molecule has 3 nitrogen and oxygen atoms in total. The number of nitrogens with one attached hydrogen (secondary N) is 1. The fourth-order valence-corrected chi connectivity index (χ4v) is 1.86. The van der Waals surface area contributed by atoms with E-state index < -0.39 is 0 Å². The fourth-order valence-electron chi connectivity index (χ4n) is 1.86. The van der Waals surface area contributed by atoms with E-state index >= 15 is 0 Å². The van der Waals surface area contributed by atoms with Gasteiger partial charge in [-0.3, -0.25) is 0 Å². The van der Waals surface area contributed by atoms with Crippen molar-refractivity contribution in [1.82, 2.24) is 5.32 Å². The van der Waals surface area contributed by atoms with Crippen molar-refractivity contribution in [3.8, 4) is 11.5 Å². The second-order valence-electron chi connectivity index (χ2n) is 3.63. The zero-order valence-corrected chi connectivity index (χ0v) is 9.30. The summed E-state index contributed by atoms with van der Waals surface area (Å²) >= 11 is 0. The van der Waals surface area contributed by atoms with E-state index in [2.05, 4.69) is 17.4 Å². The van der Waals surface area contributed by atoms with Crippen LogP contribution in [0.4, 0.5) is 0 Å². The highest BCUT2D eigenvalue weighted by molar-refractivity contribution is 5.48. The second-order valence-corrected chi connectivity index (χ2v) is 3.63. The normalized spacial score (nSPS) is 13.5. The van der Waals surface area contributed by atoms with Gasteiger partial charge in [0.15, 0.2) is 0 Å². The van der Waals surface area contributed by atoms with Crippen LogP contribution < -0.4 is 14.8 Å².